The fourth-order valence-electron chi connectivity index (χ4n) is 2.18. The molecule has 1 saturated heterocycles. The number of hydrogen-bond donors (Lipinski definition) is 0. The molecule has 0 bridgehead atoms. The highest BCUT2D eigenvalue weighted by Gasteiger charge is 2.11. The minimum atomic E-state index is 0.852. The van der Waals surface area contributed by atoms with Gasteiger partial charge in [0.1, 0.15) is 6.33 Å². The molecule has 5 nitrogen and oxygen atoms in total. The lowest BCUT2D eigenvalue weighted by atomic mass is 10.3. The van der Waals surface area contributed by atoms with Gasteiger partial charge in [0.05, 0.1) is 13.2 Å². The molecule has 106 valence electrons. The van der Waals surface area contributed by atoms with Crippen LogP contribution in [0.2, 0.25) is 0 Å². The molecule has 0 amide bonds. The third kappa shape index (κ3) is 3.39. The molecule has 0 spiro atoms. The van der Waals surface area contributed by atoms with Crippen molar-refractivity contribution in [3.63, 3.8) is 0 Å². The summed E-state index contributed by atoms with van der Waals surface area (Å²) in [6, 6.07) is 10.2. The molecule has 6 heteroatoms. The van der Waals surface area contributed by atoms with Gasteiger partial charge in [-0.25, -0.2) is 0 Å². The van der Waals surface area contributed by atoms with Gasteiger partial charge in [-0.2, -0.15) is 0 Å². The number of ether oxygens (including phenoxy) is 1. The number of nitrogens with zero attached hydrogens (tertiary/aromatic N) is 4. The smallest absolute Gasteiger partial charge is 0.195 e. The van der Waals surface area contributed by atoms with Gasteiger partial charge >= 0.3 is 0 Å². The number of para-hydroxylation sites is 1. The third-order valence-electron chi connectivity index (χ3n) is 3.29. The molecule has 0 N–H and O–H groups in total. The van der Waals surface area contributed by atoms with E-state index in [9.17, 15) is 0 Å². The summed E-state index contributed by atoms with van der Waals surface area (Å²) in [4.78, 5) is 2.43. The van der Waals surface area contributed by atoms with Gasteiger partial charge in [0.15, 0.2) is 5.16 Å². The van der Waals surface area contributed by atoms with Crippen LogP contribution in [0, 0.1) is 0 Å². The molecule has 1 aliphatic heterocycles. The number of aromatic nitrogens is 3. The Hall–Kier alpha value is -1.37. The summed E-state index contributed by atoms with van der Waals surface area (Å²) in [5.74, 6) is 1.02. The average molecular weight is 290 g/mol. The van der Waals surface area contributed by atoms with Gasteiger partial charge in [-0.3, -0.25) is 9.47 Å². The topological polar surface area (TPSA) is 43.2 Å². The summed E-state index contributed by atoms with van der Waals surface area (Å²) in [5, 5.41) is 9.18. The van der Waals surface area contributed by atoms with Crippen molar-refractivity contribution >= 4 is 11.8 Å². The summed E-state index contributed by atoms with van der Waals surface area (Å²) in [7, 11) is 0. The summed E-state index contributed by atoms with van der Waals surface area (Å²) in [6.07, 6.45) is 1.77. The highest BCUT2D eigenvalue weighted by atomic mass is 32.2. The highest BCUT2D eigenvalue weighted by Crippen LogP contribution is 2.19. The Bertz CT molecular complexity index is 525. The van der Waals surface area contributed by atoms with Crippen LogP contribution >= 0.6 is 11.8 Å². The van der Waals surface area contributed by atoms with Crippen LogP contribution < -0.4 is 0 Å². The summed E-state index contributed by atoms with van der Waals surface area (Å²) in [5.41, 5.74) is 1.10. The van der Waals surface area contributed by atoms with Crippen molar-refractivity contribution < 1.29 is 4.74 Å². The predicted molar refractivity (Wildman–Crippen MR) is 79.3 cm³/mol. The second-order valence-electron chi connectivity index (χ2n) is 4.62. The summed E-state index contributed by atoms with van der Waals surface area (Å²) < 4.78 is 7.39. The first-order chi connectivity index (χ1) is 9.93. The van der Waals surface area contributed by atoms with E-state index < -0.39 is 0 Å². The van der Waals surface area contributed by atoms with Crippen LogP contribution in [0.25, 0.3) is 5.69 Å². The molecule has 0 saturated carbocycles. The first kappa shape index (κ1) is 13.6. The maximum absolute atomic E-state index is 5.35. The molecule has 20 heavy (non-hydrogen) atoms. The molecule has 2 heterocycles. The predicted octanol–water partition coefficient (Wildman–Crippen LogP) is 1.69. The van der Waals surface area contributed by atoms with Crippen molar-refractivity contribution in [2.24, 2.45) is 0 Å². The van der Waals surface area contributed by atoms with E-state index >= 15 is 0 Å². The number of rotatable bonds is 5. The minimum Gasteiger partial charge on any atom is -0.379 e. The quantitative estimate of drug-likeness (QED) is 0.784. The van der Waals surface area contributed by atoms with Gasteiger partial charge in [0.25, 0.3) is 0 Å². The summed E-state index contributed by atoms with van der Waals surface area (Å²) in [6.45, 7) is 4.84. The fraction of sp³-hybridized carbons (Fsp3) is 0.429. The number of thioether (sulfide) groups is 1. The Morgan fingerprint density at radius 2 is 1.95 bits per heavy atom. The fourth-order valence-corrected chi connectivity index (χ4v) is 3.11. The van der Waals surface area contributed by atoms with E-state index in [0.29, 0.717) is 0 Å². The van der Waals surface area contributed by atoms with Gasteiger partial charge in [-0.15, -0.1) is 10.2 Å². The van der Waals surface area contributed by atoms with Gasteiger partial charge in [0.2, 0.25) is 0 Å². The second kappa shape index (κ2) is 6.88. The molecule has 0 unspecified atom stereocenters. The van der Waals surface area contributed by atoms with Gasteiger partial charge in [0, 0.05) is 31.1 Å². The number of benzene rings is 1. The van der Waals surface area contributed by atoms with Crippen LogP contribution in [0.3, 0.4) is 0 Å². The van der Waals surface area contributed by atoms with Crippen molar-refractivity contribution in [1.82, 2.24) is 19.7 Å². The Morgan fingerprint density at radius 1 is 1.15 bits per heavy atom. The Kier molecular flexibility index (Phi) is 4.68. The van der Waals surface area contributed by atoms with E-state index in [0.717, 1.165) is 49.4 Å². The molecular weight excluding hydrogens is 272 g/mol. The molecule has 2 aromatic rings. The maximum Gasteiger partial charge on any atom is 0.195 e. The normalized spacial score (nSPS) is 16.4. The lowest BCUT2D eigenvalue weighted by Crippen LogP contribution is -2.37. The van der Waals surface area contributed by atoms with Crippen LogP contribution in [0.4, 0.5) is 0 Å². The van der Waals surface area contributed by atoms with Crippen molar-refractivity contribution in [3.05, 3.63) is 36.7 Å². The van der Waals surface area contributed by atoms with E-state index in [-0.39, 0.29) is 0 Å². The number of morpholine rings is 1. The molecule has 1 aromatic carbocycles. The molecule has 3 rings (SSSR count). The first-order valence-corrected chi connectivity index (χ1v) is 7.80. The monoisotopic (exact) mass is 290 g/mol. The lowest BCUT2D eigenvalue weighted by Gasteiger charge is -2.26. The molecule has 1 aromatic heterocycles. The zero-order valence-corrected chi connectivity index (χ0v) is 12.1. The Labute approximate surface area is 122 Å². The van der Waals surface area contributed by atoms with Crippen LogP contribution in [0.1, 0.15) is 0 Å². The van der Waals surface area contributed by atoms with Crippen LogP contribution in [0.15, 0.2) is 41.8 Å². The van der Waals surface area contributed by atoms with Crippen molar-refractivity contribution in [2.75, 3.05) is 38.6 Å². The third-order valence-corrected chi connectivity index (χ3v) is 4.22. The van der Waals surface area contributed by atoms with Crippen molar-refractivity contribution in [1.29, 1.82) is 0 Å². The molecule has 0 radical (unpaired) electrons. The van der Waals surface area contributed by atoms with E-state index in [1.807, 2.05) is 22.8 Å². The van der Waals surface area contributed by atoms with E-state index in [1.165, 1.54) is 0 Å². The van der Waals surface area contributed by atoms with Gasteiger partial charge in [-0.1, -0.05) is 30.0 Å². The SMILES string of the molecule is c1ccc(-n2cnnc2SCCN2CCOCC2)cc1. The number of hydrogen-bond acceptors (Lipinski definition) is 5. The first-order valence-electron chi connectivity index (χ1n) is 6.82. The van der Waals surface area contributed by atoms with Gasteiger partial charge < -0.3 is 4.74 Å². The maximum atomic E-state index is 5.35. The van der Waals surface area contributed by atoms with Crippen LogP contribution in [-0.4, -0.2) is 58.3 Å². The molecule has 1 fully saturated rings. The second-order valence-corrected chi connectivity index (χ2v) is 5.68. The standard InChI is InChI=1S/C14H18N4OS/c1-2-4-13(5-3-1)18-12-15-16-14(18)20-11-8-17-6-9-19-10-7-17/h1-5,12H,6-11H2. The van der Waals surface area contributed by atoms with Gasteiger partial charge in [-0.05, 0) is 12.1 Å². The summed E-state index contributed by atoms with van der Waals surface area (Å²) >= 11 is 1.75. The van der Waals surface area contributed by atoms with Crippen LogP contribution in [0.5, 0.6) is 0 Å². The molecular formula is C14H18N4OS. The lowest BCUT2D eigenvalue weighted by molar-refractivity contribution is 0.0410. The zero-order valence-electron chi connectivity index (χ0n) is 11.3. The highest BCUT2D eigenvalue weighted by molar-refractivity contribution is 7.99. The molecule has 0 atom stereocenters. The average Bonchev–Trinajstić information content (AvgIpc) is 2.98. The van der Waals surface area contributed by atoms with Crippen molar-refractivity contribution in [2.45, 2.75) is 5.16 Å². The van der Waals surface area contributed by atoms with Crippen LogP contribution in [-0.2, 0) is 4.74 Å². The van der Waals surface area contributed by atoms with E-state index in [2.05, 4.69) is 27.2 Å². The van der Waals surface area contributed by atoms with E-state index in [1.54, 1.807) is 18.1 Å². The Balaban J connectivity index is 1.57. The largest absolute Gasteiger partial charge is 0.379 e. The Morgan fingerprint density at radius 3 is 2.75 bits per heavy atom. The van der Waals surface area contributed by atoms with E-state index in [4.69, 9.17) is 4.74 Å². The minimum absolute atomic E-state index is 0.852. The molecule has 0 aliphatic carbocycles. The van der Waals surface area contributed by atoms with Crippen molar-refractivity contribution in [3.8, 4) is 5.69 Å². The zero-order chi connectivity index (χ0) is 13.6. The molecule has 1 aliphatic rings.